The molecule has 1 amide bonds. The van der Waals surface area contributed by atoms with Gasteiger partial charge in [-0.3, -0.25) is 9.78 Å². The van der Waals surface area contributed by atoms with E-state index in [9.17, 15) is 4.79 Å². The third-order valence-electron chi connectivity index (χ3n) is 6.27. The van der Waals surface area contributed by atoms with Crippen LogP contribution in [-0.4, -0.2) is 38.8 Å². The molecule has 6 nitrogen and oxygen atoms in total. The fourth-order valence-electron chi connectivity index (χ4n) is 4.47. The summed E-state index contributed by atoms with van der Waals surface area (Å²) in [7, 11) is 0. The highest BCUT2D eigenvalue weighted by molar-refractivity contribution is 5.89. The van der Waals surface area contributed by atoms with Crippen LogP contribution in [0.4, 0.5) is 11.5 Å². The number of hydrogen-bond acceptors (Lipinski definition) is 4. The van der Waals surface area contributed by atoms with E-state index in [0.29, 0.717) is 6.42 Å². The summed E-state index contributed by atoms with van der Waals surface area (Å²) in [5.41, 5.74) is 5.18. The summed E-state index contributed by atoms with van der Waals surface area (Å²) in [5, 5.41) is 4.45. The Morgan fingerprint density at radius 2 is 2.06 bits per heavy atom. The van der Waals surface area contributed by atoms with Crippen LogP contribution in [0.15, 0.2) is 67.1 Å². The highest BCUT2D eigenvalue weighted by Gasteiger charge is 2.26. The van der Waals surface area contributed by atoms with Crippen LogP contribution >= 0.6 is 0 Å². The fourth-order valence-corrected chi connectivity index (χ4v) is 4.47. The normalized spacial score (nSPS) is 16.3. The number of anilines is 2. The molecule has 1 aliphatic rings. The van der Waals surface area contributed by atoms with E-state index >= 15 is 0 Å². The maximum atomic E-state index is 13.0. The molecule has 0 spiro atoms. The van der Waals surface area contributed by atoms with Crippen molar-refractivity contribution in [2.75, 3.05) is 18.4 Å². The summed E-state index contributed by atoms with van der Waals surface area (Å²) >= 11 is 0. The first-order valence-electron chi connectivity index (χ1n) is 11.1. The summed E-state index contributed by atoms with van der Waals surface area (Å²) < 4.78 is 0. The lowest BCUT2D eigenvalue weighted by Gasteiger charge is -2.32. The molecule has 1 aromatic carbocycles. The van der Waals surface area contributed by atoms with Crippen LogP contribution in [0.5, 0.6) is 0 Å². The number of aryl methyl sites for hydroxylation is 1. The molecular weight excluding hydrogens is 398 g/mol. The van der Waals surface area contributed by atoms with Crippen molar-refractivity contribution in [3.05, 3.63) is 83.9 Å². The number of likely N-dealkylation sites (tertiary alicyclic amines) is 1. The van der Waals surface area contributed by atoms with Gasteiger partial charge in [0.15, 0.2) is 0 Å². The summed E-state index contributed by atoms with van der Waals surface area (Å²) in [6.07, 6.45) is 8.07. The van der Waals surface area contributed by atoms with Gasteiger partial charge in [0.25, 0.3) is 0 Å². The molecule has 0 aliphatic carbocycles. The molecule has 1 atom stereocenters. The second-order valence-electron chi connectivity index (χ2n) is 8.48. The topological polar surface area (TPSA) is 73.9 Å². The van der Waals surface area contributed by atoms with Crippen molar-refractivity contribution in [3.8, 4) is 0 Å². The lowest BCUT2D eigenvalue weighted by molar-refractivity contribution is -0.131. The van der Waals surface area contributed by atoms with Crippen LogP contribution in [0.1, 0.15) is 35.6 Å². The highest BCUT2D eigenvalue weighted by atomic mass is 16.2. The summed E-state index contributed by atoms with van der Waals surface area (Å²) in [5.74, 6) is 1.29. The number of nitrogens with one attached hydrogen (secondary N) is 2. The molecule has 0 unspecified atom stereocenters. The molecule has 2 N–H and O–H groups in total. The average molecular weight is 426 g/mol. The number of hydrogen-bond donors (Lipinski definition) is 2. The van der Waals surface area contributed by atoms with E-state index in [1.54, 1.807) is 6.20 Å². The molecule has 0 bridgehead atoms. The SMILES string of the molecule is Cc1cccnc1Nc1ccc([C@@H]2CCCN(C(=O)Cc3c[nH]c4ccccc34)C2)nc1. The quantitative estimate of drug-likeness (QED) is 0.474. The van der Waals surface area contributed by atoms with Crippen LogP contribution in [-0.2, 0) is 11.2 Å². The van der Waals surface area contributed by atoms with Crippen molar-refractivity contribution >= 4 is 28.3 Å². The fraction of sp³-hybridized carbons (Fsp3) is 0.269. The number of piperidine rings is 1. The summed E-state index contributed by atoms with van der Waals surface area (Å²) in [6.45, 7) is 3.57. The highest BCUT2D eigenvalue weighted by Crippen LogP contribution is 2.28. The molecule has 0 saturated carbocycles. The number of aromatic amines is 1. The van der Waals surface area contributed by atoms with Crippen molar-refractivity contribution in [1.29, 1.82) is 0 Å². The molecule has 5 rings (SSSR count). The molecular formula is C26H27N5O. The standard InChI is InChI=1S/C26H27N5O/c1-18-6-4-12-27-26(18)30-21-10-11-23(29-16-21)19-7-5-13-31(17-19)25(32)14-20-15-28-24-9-3-2-8-22(20)24/h2-4,6,8-12,15-16,19,28H,5,7,13-14,17H2,1H3,(H,27,30)/t19-/m1/s1. The van der Waals surface area contributed by atoms with Crippen molar-refractivity contribution in [3.63, 3.8) is 0 Å². The second-order valence-corrected chi connectivity index (χ2v) is 8.48. The second kappa shape index (κ2) is 8.83. The molecule has 1 fully saturated rings. The monoisotopic (exact) mass is 425 g/mol. The Morgan fingerprint density at radius 1 is 1.16 bits per heavy atom. The van der Waals surface area contributed by atoms with E-state index < -0.39 is 0 Å². The zero-order chi connectivity index (χ0) is 21.9. The van der Waals surface area contributed by atoms with Gasteiger partial charge in [-0.1, -0.05) is 24.3 Å². The molecule has 3 aromatic heterocycles. The van der Waals surface area contributed by atoms with Crippen LogP contribution < -0.4 is 5.32 Å². The number of fused-ring (bicyclic) bond motifs is 1. The number of rotatable bonds is 5. The smallest absolute Gasteiger partial charge is 0.227 e. The van der Waals surface area contributed by atoms with Gasteiger partial charge in [-0.2, -0.15) is 0 Å². The minimum Gasteiger partial charge on any atom is -0.361 e. The Labute approximate surface area is 187 Å². The van der Waals surface area contributed by atoms with Gasteiger partial charge in [0.1, 0.15) is 5.82 Å². The molecule has 1 saturated heterocycles. The van der Waals surface area contributed by atoms with Gasteiger partial charge in [-0.05, 0) is 55.2 Å². The number of benzene rings is 1. The van der Waals surface area contributed by atoms with E-state index in [0.717, 1.165) is 65.2 Å². The molecule has 32 heavy (non-hydrogen) atoms. The first kappa shape index (κ1) is 20.2. The van der Waals surface area contributed by atoms with E-state index in [4.69, 9.17) is 4.98 Å². The van der Waals surface area contributed by atoms with Crippen molar-refractivity contribution in [2.24, 2.45) is 0 Å². The molecule has 4 aromatic rings. The van der Waals surface area contributed by atoms with Crippen molar-refractivity contribution < 1.29 is 4.79 Å². The minimum atomic E-state index is 0.184. The third-order valence-corrected chi connectivity index (χ3v) is 6.27. The zero-order valence-corrected chi connectivity index (χ0v) is 18.2. The van der Waals surface area contributed by atoms with Gasteiger partial charge in [-0.15, -0.1) is 0 Å². The number of pyridine rings is 2. The Kier molecular flexibility index (Phi) is 5.58. The number of para-hydroxylation sites is 1. The van der Waals surface area contributed by atoms with Crippen LogP contribution in [0, 0.1) is 6.92 Å². The zero-order valence-electron chi connectivity index (χ0n) is 18.2. The Bertz CT molecular complexity index is 1230. The predicted octanol–water partition coefficient (Wildman–Crippen LogP) is 4.96. The molecule has 0 radical (unpaired) electrons. The van der Waals surface area contributed by atoms with E-state index in [-0.39, 0.29) is 11.8 Å². The van der Waals surface area contributed by atoms with E-state index in [1.165, 1.54) is 0 Å². The van der Waals surface area contributed by atoms with Crippen molar-refractivity contribution in [1.82, 2.24) is 19.9 Å². The van der Waals surface area contributed by atoms with E-state index in [2.05, 4.69) is 27.4 Å². The Morgan fingerprint density at radius 3 is 2.91 bits per heavy atom. The summed E-state index contributed by atoms with van der Waals surface area (Å²) in [4.78, 5) is 27.4. The van der Waals surface area contributed by atoms with Crippen LogP contribution in [0.25, 0.3) is 10.9 Å². The Balaban J connectivity index is 1.24. The number of H-pyrrole nitrogens is 1. The largest absolute Gasteiger partial charge is 0.361 e. The molecule has 6 heteroatoms. The third kappa shape index (κ3) is 4.21. The Hall–Kier alpha value is -3.67. The lowest BCUT2D eigenvalue weighted by atomic mass is 9.93. The number of amides is 1. The van der Waals surface area contributed by atoms with Crippen LogP contribution in [0.2, 0.25) is 0 Å². The van der Waals surface area contributed by atoms with E-state index in [1.807, 2.05) is 60.6 Å². The predicted molar refractivity (Wildman–Crippen MR) is 127 cm³/mol. The molecule has 162 valence electrons. The average Bonchev–Trinajstić information content (AvgIpc) is 3.24. The first-order chi connectivity index (χ1) is 15.7. The maximum Gasteiger partial charge on any atom is 0.227 e. The molecule has 1 aliphatic heterocycles. The van der Waals surface area contributed by atoms with Gasteiger partial charge < -0.3 is 15.2 Å². The van der Waals surface area contributed by atoms with Gasteiger partial charge in [-0.25, -0.2) is 4.98 Å². The number of carbonyl (C=O) groups is 1. The summed E-state index contributed by atoms with van der Waals surface area (Å²) in [6, 6.07) is 16.2. The van der Waals surface area contributed by atoms with Gasteiger partial charge in [0, 0.05) is 48.0 Å². The number of aromatic nitrogens is 3. The van der Waals surface area contributed by atoms with Gasteiger partial charge in [0.05, 0.1) is 18.3 Å². The number of carbonyl (C=O) groups excluding carboxylic acids is 1. The van der Waals surface area contributed by atoms with Gasteiger partial charge in [0.2, 0.25) is 5.91 Å². The maximum absolute atomic E-state index is 13.0. The number of nitrogens with zero attached hydrogens (tertiary/aromatic N) is 3. The first-order valence-corrected chi connectivity index (χ1v) is 11.1. The lowest BCUT2D eigenvalue weighted by Crippen LogP contribution is -2.40. The molecule has 4 heterocycles. The van der Waals surface area contributed by atoms with Gasteiger partial charge >= 0.3 is 0 Å². The minimum absolute atomic E-state index is 0.184. The van der Waals surface area contributed by atoms with Crippen molar-refractivity contribution in [2.45, 2.75) is 32.1 Å². The van der Waals surface area contributed by atoms with Crippen LogP contribution in [0.3, 0.4) is 0 Å².